The van der Waals surface area contributed by atoms with Crippen LogP contribution in [0.3, 0.4) is 0 Å². The maximum Gasteiger partial charge on any atom is 0.195 e. The summed E-state index contributed by atoms with van der Waals surface area (Å²) in [5, 5.41) is 9.74. The lowest BCUT2D eigenvalue weighted by molar-refractivity contribution is 0.508. The van der Waals surface area contributed by atoms with E-state index in [1.165, 1.54) is 36.8 Å². The average molecular weight is 307 g/mol. The predicted octanol–water partition coefficient (Wildman–Crippen LogP) is 4.59. The van der Waals surface area contributed by atoms with Crippen LogP contribution in [0.2, 0.25) is 0 Å². The zero-order valence-corrected chi connectivity index (χ0v) is 13.7. The molecule has 0 unspecified atom stereocenters. The van der Waals surface area contributed by atoms with E-state index in [-0.39, 0.29) is 0 Å². The molecule has 20 heavy (non-hydrogen) atoms. The molecule has 0 aliphatic heterocycles. The van der Waals surface area contributed by atoms with E-state index < -0.39 is 0 Å². The molecule has 108 valence electrons. The lowest BCUT2D eigenvalue weighted by Gasteiger charge is -2.19. The first-order valence-corrected chi connectivity index (χ1v) is 8.74. The van der Waals surface area contributed by atoms with E-state index in [0.717, 1.165) is 29.5 Å². The molecule has 0 saturated heterocycles. The highest BCUT2D eigenvalue weighted by atomic mass is 32.1. The van der Waals surface area contributed by atoms with Gasteiger partial charge in [0.15, 0.2) is 10.6 Å². The summed E-state index contributed by atoms with van der Waals surface area (Å²) in [5.74, 6) is 1.85. The second-order valence-corrected chi connectivity index (χ2v) is 7.11. The van der Waals surface area contributed by atoms with Gasteiger partial charge in [-0.2, -0.15) is 5.10 Å². The maximum absolute atomic E-state index is 5.38. The molecule has 1 atom stereocenters. The Morgan fingerprint density at radius 3 is 3.20 bits per heavy atom. The summed E-state index contributed by atoms with van der Waals surface area (Å²) in [7, 11) is 0. The molecule has 3 nitrogen and oxygen atoms in total. The molecule has 1 aliphatic carbocycles. The van der Waals surface area contributed by atoms with Crippen LogP contribution in [0.4, 0.5) is 0 Å². The summed E-state index contributed by atoms with van der Waals surface area (Å²) in [6, 6.07) is 0. The first-order chi connectivity index (χ1) is 9.70. The molecule has 0 aromatic carbocycles. The number of rotatable bonds is 4. The van der Waals surface area contributed by atoms with E-state index in [0.29, 0.717) is 0 Å². The topological polar surface area (TPSA) is 33.6 Å². The van der Waals surface area contributed by atoms with Gasteiger partial charge in [0.1, 0.15) is 0 Å². The van der Waals surface area contributed by atoms with Crippen molar-refractivity contribution in [2.24, 2.45) is 5.92 Å². The normalized spacial score (nSPS) is 18.2. The molecule has 2 aromatic heterocycles. The van der Waals surface area contributed by atoms with Crippen molar-refractivity contribution < 1.29 is 0 Å². The lowest BCUT2D eigenvalue weighted by atomic mass is 9.88. The largest absolute Gasteiger partial charge is 0.300 e. The Balaban J connectivity index is 2.00. The van der Waals surface area contributed by atoms with Gasteiger partial charge >= 0.3 is 0 Å². The Morgan fingerprint density at radius 1 is 1.55 bits per heavy atom. The van der Waals surface area contributed by atoms with Gasteiger partial charge in [-0.15, -0.1) is 11.3 Å². The average Bonchev–Trinajstić information content (AvgIpc) is 2.99. The van der Waals surface area contributed by atoms with Crippen molar-refractivity contribution in [3.05, 3.63) is 20.6 Å². The van der Waals surface area contributed by atoms with Crippen molar-refractivity contribution in [2.75, 3.05) is 0 Å². The standard InChI is InChI=1S/C15H21N3S2/c1-3-4-7-18-14(16-17-15(18)19)12-9-20-13-8-10(2)5-6-11(12)13/h9-10H,3-8H2,1-2H3,(H,17,19)/t10-/m1/s1. The van der Waals surface area contributed by atoms with Crippen LogP contribution in [0.25, 0.3) is 11.4 Å². The van der Waals surface area contributed by atoms with Crippen LogP contribution in [-0.4, -0.2) is 14.8 Å². The van der Waals surface area contributed by atoms with Gasteiger partial charge < -0.3 is 4.57 Å². The lowest BCUT2D eigenvalue weighted by Crippen LogP contribution is -2.10. The van der Waals surface area contributed by atoms with Crippen molar-refractivity contribution in [1.29, 1.82) is 0 Å². The van der Waals surface area contributed by atoms with Crippen LogP contribution in [-0.2, 0) is 19.4 Å². The molecule has 0 spiro atoms. The molecule has 0 amide bonds. The summed E-state index contributed by atoms with van der Waals surface area (Å²) < 4.78 is 2.91. The summed E-state index contributed by atoms with van der Waals surface area (Å²) in [5.41, 5.74) is 2.82. The molecular weight excluding hydrogens is 286 g/mol. The third-order valence-electron chi connectivity index (χ3n) is 4.14. The second kappa shape index (κ2) is 5.82. The first kappa shape index (κ1) is 14.0. The molecule has 2 heterocycles. The predicted molar refractivity (Wildman–Crippen MR) is 86.8 cm³/mol. The van der Waals surface area contributed by atoms with Gasteiger partial charge in [0, 0.05) is 22.4 Å². The van der Waals surface area contributed by atoms with E-state index in [4.69, 9.17) is 12.2 Å². The molecule has 0 bridgehead atoms. The molecule has 0 saturated carbocycles. The third-order valence-corrected chi connectivity index (χ3v) is 5.50. The van der Waals surface area contributed by atoms with Crippen LogP contribution in [0, 0.1) is 10.7 Å². The summed E-state index contributed by atoms with van der Waals surface area (Å²) in [6.45, 7) is 5.51. The van der Waals surface area contributed by atoms with Crippen molar-refractivity contribution in [1.82, 2.24) is 14.8 Å². The van der Waals surface area contributed by atoms with Crippen molar-refractivity contribution in [3.63, 3.8) is 0 Å². The second-order valence-electron chi connectivity index (χ2n) is 5.76. The molecular formula is C15H21N3S2. The molecule has 2 aromatic rings. The number of nitrogens with zero attached hydrogens (tertiary/aromatic N) is 2. The Morgan fingerprint density at radius 2 is 2.40 bits per heavy atom. The molecule has 5 heteroatoms. The summed E-state index contributed by atoms with van der Waals surface area (Å²) >= 11 is 7.27. The van der Waals surface area contributed by atoms with Crippen LogP contribution in [0.5, 0.6) is 0 Å². The SMILES string of the molecule is CCCCn1c(-c2csc3c2CC[C@@H](C)C3)n[nH]c1=S. The minimum absolute atomic E-state index is 0.748. The minimum Gasteiger partial charge on any atom is -0.300 e. The van der Waals surface area contributed by atoms with E-state index >= 15 is 0 Å². The number of H-pyrrole nitrogens is 1. The van der Waals surface area contributed by atoms with Gasteiger partial charge in [-0.25, -0.2) is 0 Å². The monoisotopic (exact) mass is 307 g/mol. The van der Waals surface area contributed by atoms with Gasteiger partial charge in [-0.1, -0.05) is 20.3 Å². The molecule has 1 aliphatic rings. The van der Waals surface area contributed by atoms with E-state index in [9.17, 15) is 0 Å². The van der Waals surface area contributed by atoms with E-state index in [1.807, 2.05) is 11.3 Å². The summed E-state index contributed by atoms with van der Waals surface area (Å²) in [4.78, 5) is 1.55. The highest BCUT2D eigenvalue weighted by Gasteiger charge is 2.23. The fourth-order valence-electron chi connectivity index (χ4n) is 2.91. The van der Waals surface area contributed by atoms with Crippen LogP contribution in [0.1, 0.15) is 43.6 Å². The fraction of sp³-hybridized carbons (Fsp3) is 0.600. The quantitative estimate of drug-likeness (QED) is 0.838. The number of aromatic amines is 1. The summed E-state index contributed by atoms with van der Waals surface area (Å²) in [6.07, 6.45) is 6.01. The van der Waals surface area contributed by atoms with E-state index in [1.54, 1.807) is 4.88 Å². The Hall–Kier alpha value is -0.940. The zero-order valence-electron chi connectivity index (χ0n) is 12.1. The van der Waals surface area contributed by atoms with Gasteiger partial charge in [0.25, 0.3) is 0 Å². The molecule has 1 N–H and O–H groups in total. The Bertz CT molecular complexity index is 650. The first-order valence-electron chi connectivity index (χ1n) is 7.45. The van der Waals surface area contributed by atoms with Crippen LogP contribution < -0.4 is 0 Å². The third kappa shape index (κ3) is 2.49. The van der Waals surface area contributed by atoms with Crippen molar-refractivity contribution in [3.8, 4) is 11.4 Å². The number of nitrogens with one attached hydrogen (secondary N) is 1. The number of unbranched alkanes of at least 4 members (excludes halogenated alkanes) is 1. The van der Waals surface area contributed by atoms with Crippen LogP contribution in [0.15, 0.2) is 5.38 Å². The van der Waals surface area contributed by atoms with E-state index in [2.05, 4.69) is 34.0 Å². The molecule has 0 fully saturated rings. The van der Waals surface area contributed by atoms with Gasteiger partial charge in [-0.3, -0.25) is 5.10 Å². The van der Waals surface area contributed by atoms with Crippen molar-refractivity contribution >= 4 is 23.6 Å². The number of hydrogen-bond donors (Lipinski definition) is 1. The number of hydrogen-bond acceptors (Lipinski definition) is 3. The number of aromatic nitrogens is 3. The number of thiophene rings is 1. The Labute approximate surface area is 129 Å². The fourth-order valence-corrected chi connectivity index (χ4v) is 4.38. The molecule has 0 radical (unpaired) electrons. The van der Waals surface area contributed by atoms with Gasteiger partial charge in [-0.05, 0) is 49.4 Å². The smallest absolute Gasteiger partial charge is 0.195 e. The van der Waals surface area contributed by atoms with Gasteiger partial charge in [0.05, 0.1) is 0 Å². The minimum atomic E-state index is 0.748. The Kier molecular flexibility index (Phi) is 4.08. The maximum atomic E-state index is 5.38. The van der Waals surface area contributed by atoms with Crippen molar-refractivity contribution in [2.45, 2.75) is 52.5 Å². The number of fused-ring (bicyclic) bond motifs is 1. The highest BCUT2D eigenvalue weighted by molar-refractivity contribution is 7.71. The molecule has 3 rings (SSSR count). The van der Waals surface area contributed by atoms with Gasteiger partial charge in [0.2, 0.25) is 0 Å². The highest BCUT2D eigenvalue weighted by Crippen LogP contribution is 2.37. The zero-order chi connectivity index (χ0) is 14.1. The van der Waals surface area contributed by atoms with Crippen LogP contribution >= 0.6 is 23.6 Å².